The van der Waals surface area contributed by atoms with Gasteiger partial charge in [-0.15, -0.1) is 0 Å². The van der Waals surface area contributed by atoms with Crippen molar-refractivity contribution in [3.63, 3.8) is 0 Å². The first-order valence-electron chi connectivity index (χ1n) is 3.80. The topological polar surface area (TPSA) is 63.4 Å². The molecule has 0 bridgehead atoms. The molecule has 0 rings (SSSR count). The zero-order chi connectivity index (χ0) is 9.99. The molecule has 0 aromatic rings. The summed E-state index contributed by atoms with van der Waals surface area (Å²) in [6.07, 6.45) is 1.19. The molecule has 0 heterocycles. The summed E-state index contributed by atoms with van der Waals surface area (Å²) in [4.78, 5) is 0. The minimum absolute atomic E-state index is 0.155. The van der Waals surface area contributed by atoms with Crippen molar-refractivity contribution >= 4 is 10.0 Å². The van der Waals surface area contributed by atoms with E-state index in [2.05, 4.69) is 0 Å². The number of nitrogens with zero attached hydrogens (tertiary/aromatic N) is 1. The molecule has 4 nitrogen and oxygen atoms in total. The maximum atomic E-state index is 11.0. The van der Waals surface area contributed by atoms with Crippen molar-refractivity contribution in [2.45, 2.75) is 13.8 Å². The van der Waals surface area contributed by atoms with Crippen LogP contribution in [0.15, 0.2) is 0 Å². The van der Waals surface area contributed by atoms with Gasteiger partial charge < -0.3 is 5.73 Å². The second-order valence-electron chi connectivity index (χ2n) is 3.89. The Morgan fingerprint density at radius 3 is 2.08 bits per heavy atom. The van der Waals surface area contributed by atoms with Gasteiger partial charge in [-0.2, -0.15) is 0 Å². The Kier molecular flexibility index (Phi) is 3.68. The maximum absolute atomic E-state index is 11.0. The molecule has 0 fully saturated rings. The van der Waals surface area contributed by atoms with Crippen LogP contribution in [0.5, 0.6) is 0 Å². The van der Waals surface area contributed by atoms with Crippen molar-refractivity contribution < 1.29 is 8.42 Å². The van der Waals surface area contributed by atoms with E-state index in [-0.39, 0.29) is 5.41 Å². The molecule has 0 aliphatic rings. The van der Waals surface area contributed by atoms with E-state index in [1.54, 1.807) is 7.05 Å². The minimum Gasteiger partial charge on any atom is -0.330 e. The summed E-state index contributed by atoms with van der Waals surface area (Å²) in [5, 5.41) is 0. The molecule has 0 aromatic carbocycles. The first-order valence-corrected chi connectivity index (χ1v) is 5.65. The lowest BCUT2D eigenvalue weighted by Gasteiger charge is -2.27. The van der Waals surface area contributed by atoms with Gasteiger partial charge in [0, 0.05) is 13.6 Å². The van der Waals surface area contributed by atoms with Crippen LogP contribution in [0.2, 0.25) is 0 Å². The Labute approximate surface area is 74.8 Å². The van der Waals surface area contributed by atoms with Crippen LogP contribution >= 0.6 is 0 Å². The number of hydrogen-bond donors (Lipinski definition) is 1. The van der Waals surface area contributed by atoms with Crippen LogP contribution in [-0.2, 0) is 10.0 Å². The zero-order valence-corrected chi connectivity index (χ0v) is 8.98. The third-order valence-corrected chi connectivity index (χ3v) is 3.03. The van der Waals surface area contributed by atoms with Gasteiger partial charge in [-0.25, -0.2) is 12.7 Å². The van der Waals surface area contributed by atoms with E-state index >= 15 is 0 Å². The molecule has 0 unspecified atom stereocenters. The number of hydrogen-bond acceptors (Lipinski definition) is 3. The fourth-order valence-corrected chi connectivity index (χ4v) is 1.37. The molecule has 0 saturated carbocycles. The van der Waals surface area contributed by atoms with Crippen molar-refractivity contribution in [3.8, 4) is 0 Å². The SMILES string of the molecule is CN(CC(C)(C)CN)S(C)(=O)=O. The van der Waals surface area contributed by atoms with Crippen LogP contribution in [0.25, 0.3) is 0 Å². The van der Waals surface area contributed by atoms with Crippen molar-refractivity contribution in [2.24, 2.45) is 11.1 Å². The average molecular weight is 194 g/mol. The Hall–Kier alpha value is -0.130. The van der Waals surface area contributed by atoms with Crippen molar-refractivity contribution in [2.75, 3.05) is 26.4 Å². The van der Waals surface area contributed by atoms with Crippen LogP contribution < -0.4 is 5.73 Å². The second kappa shape index (κ2) is 3.72. The molecule has 0 aliphatic carbocycles. The zero-order valence-electron chi connectivity index (χ0n) is 8.16. The molecule has 0 spiro atoms. The van der Waals surface area contributed by atoms with E-state index in [1.165, 1.54) is 10.6 Å². The molecule has 0 aliphatic heterocycles. The standard InChI is InChI=1S/C7H18N2O2S/c1-7(2,5-8)6-9(3)12(4,10)11/h5-6,8H2,1-4H3. The van der Waals surface area contributed by atoms with Crippen molar-refractivity contribution in [3.05, 3.63) is 0 Å². The lowest BCUT2D eigenvalue weighted by Crippen LogP contribution is -2.39. The summed E-state index contributed by atoms with van der Waals surface area (Å²) in [5.41, 5.74) is 5.32. The van der Waals surface area contributed by atoms with Gasteiger partial charge >= 0.3 is 0 Å². The molecule has 0 atom stereocenters. The van der Waals surface area contributed by atoms with E-state index in [4.69, 9.17) is 5.73 Å². The summed E-state index contributed by atoms with van der Waals surface area (Å²) < 4.78 is 23.3. The van der Waals surface area contributed by atoms with Crippen LogP contribution in [0.4, 0.5) is 0 Å². The highest BCUT2D eigenvalue weighted by molar-refractivity contribution is 7.88. The monoisotopic (exact) mass is 194 g/mol. The summed E-state index contributed by atoms with van der Waals surface area (Å²) in [7, 11) is -1.51. The Morgan fingerprint density at radius 2 is 1.83 bits per heavy atom. The molecule has 0 aromatic heterocycles. The quantitative estimate of drug-likeness (QED) is 0.677. The Morgan fingerprint density at radius 1 is 1.42 bits per heavy atom. The minimum atomic E-state index is -3.07. The van der Waals surface area contributed by atoms with Crippen LogP contribution in [0, 0.1) is 5.41 Å². The summed E-state index contributed by atoms with van der Waals surface area (Å²) in [5.74, 6) is 0. The molecule has 0 radical (unpaired) electrons. The first-order chi connectivity index (χ1) is 5.19. The fourth-order valence-electron chi connectivity index (χ4n) is 0.785. The molecule has 12 heavy (non-hydrogen) atoms. The number of sulfonamides is 1. The van der Waals surface area contributed by atoms with Gasteiger partial charge in [-0.1, -0.05) is 13.8 Å². The third kappa shape index (κ3) is 4.04. The molecule has 0 amide bonds. The smallest absolute Gasteiger partial charge is 0.210 e. The van der Waals surface area contributed by atoms with Crippen LogP contribution in [0.3, 0.4) is 0 Å². The van der Waals surface area contributed by atoms with E-state index in [0.717, 1.165) is 0 Å². The fraction of sp³-hybridized carbons (Fsp3) is 1.00. The van der Waals surface area contributed by atoms with Crippen molar-refractivity contribution in [1.29, 1.82) is 0 Å². The van der Waals surface area contributed by atoms with E-state index in [1.807, 2.05) is 13.8 Å². The summed E-state index contributed by atoms with van der Waals surface area (Å²) >= 11 is 0. The highest BCUT2D eigenvalue weighted by Crippen LogP contribution is 2.14. The lowest BCUT2D eigenvalue weighted by atomic mass is 9.94. The Balaban J connectivity index is 4.29. The second-order valence-corrected chi connectivity index (χ2v) is 5.98. The van der Waals surface area contributed by atoms with Gasteiger partial charge in [0.15, 0.2) is 0 Å². The van der Waals surface area contributed by atoms with Crippen LogP contribution in [-0.4, -0.2) is 39.1 Å². The van der Waals surface area contributed by atoms with Gasteiger partial charge in [0.05, 0.1) is 6.26 Å². The first kappa shape index (κ1) is 11.9. The van der Waals surface area contributed by atoms with Gasteiger partial charge in [0.25, 0.3) is 0 Å². The lowest BCUT2D eigenvalue weighted by molar-refractivity contribution is 0.293. The van der Waals surface area contributed by atoms with Crippen molar-refractivity contribution in [1.82, 2.24) is 4.31 Å². The maximum Gasteiger partial charge on any atom is 0.210 e. The van der Waals surface area contributed by atoms with Gasteiger partial charge in [-0.05, 0) is 12.0 Å². The van der Waals surface area contributed by atoms with Gasteiger partial charge in [0.1, 0.15) is 0 Å². The largest absolute Gasteiger partial charge is 0.330 e. The number of rotatable bonds is 4. The predicted molar refractivity (Wildman–Crippen MR) is 50.3 cm³/mol. The molecule has 2 N–H and O–H groups in total. The predicted octanol–water partition coefficient (Wildman–Crippen LogP) is -0.137. The summed E-state index contributed by atoms with van der Waals surface area (Å²) in [6, 6.07) is 0. The van der Waals surface area contributed by atoms with Crippen LogP contribution in [0.1, 0.15) is 13.8 Å². The normalized spacial score (nSPS) is 13.8. The molecule has 5 heteroatoms. The summed E-state index contributed by atoms with van der Waals surface area (Å²) in [6.45, 7) is 4.82. The molecule has 0 saturated heterocycles. The number of nitrogens with two attached hydrogens (primary N) is 1. The average Bonchev–Trinajstić information content (AvgIpc) is 1.85. The highest BCUT2D eigenvalue weighted by Gasteiger charge is 2.22. The Bertz CT molecular complexity index is 234. The third-order valence-electron chi connectivity index (χ3n) is 1.77. The van der Waals surface area contributed by atoms with E-state index in [9.17, 15) is 8.42 Å². The molecular formula is C7H18N2O2S. The highest BCUT2D eigenvalue weighted by atomic mass is 32.2. The van der Waals surface area contributed by atoms with Gasteiger partial charge in [-0.3, -0.25) is 0 Å². The van der Waals surface area contributed by atoms with Gasteiger partial charge in [0.2, 0.25) is 10.0 Å². The molecule has 74 valence electrons. The van der Waals surface area contributed by atoms with E-state index in [0.29, 0.717) is 13.1 Å². The molecular weight excluding hydrogens is 176 g/mol. The van der Waals surface area contributed by atoms with E-state index < -0.39 is 10.0 Å².